The minimum absolute atomic E-state index is 0.0570. The number of benzene rings is 3. The van der Waals surface area contributed by atoms with Gasteiger partial charge in [-0.2, -0.15) is 0 Å². The van der Waals surface area contributed by atoms with E-state index in [0.717, 1.165) is 16.1 Å². The lowest BCUT2D eigenvalue weighted by Gasteiger charge is -2.28. The van der Waals surface area contributed by atoms with Crippen LogP contribution in [0.4, 0.5) is 8.78 Å². The van der Waals surface area contributed by atoms with Gasteiger partial charge in [-0.05, 0) is 66.9 Å². The average Bonchev–Trinajstić information content (AvgIpc) is 3.22. The standard InChI is InChI=1S/C29H29BrF2N2O4/c1-19-29(18-22-5-2-3-6-26(22)30,28(36)33-12-11-20-15-23(31)17-24(32)16-20)34-27(38-19)21-7-9-25(10-8-21)37-14-4-13-35/h2-3,5-10,15-17,19,35H,4,11-14,18H2,1H3,(H,33,36)/t19-,29-/m1/s1. The summed E-state index contributed by atoms with van der Waals surface area (Å²) in [5.41, 5.74) is 0.776. The fraction of sp³-hybridized carbons (Fsp3) is 0.310. The van der Waals surface area contributed by atoms with Crippen molar-refractivity contribution in [3.05, 3.63) is 99.5 Å². The Bertz CT molecular complexity index is 1280. The number of aliphatic hydroxyl groups excluding tert-OH is 1. The van der Waals surface area contributed by atoms with Crippen LogP contribution in [0.15, 0.2) is 76.2 Å². The maximum absolute atomic E-state index is 13.7. The lowest BCUT2D eigenvalue weighted by atomic mass is 9.86. The van der Waals surface area contributed by atoms with Crippen molar-refractivity contribution < 1.29 is 28.2 Å². The van der Waals surface area contributed by atoms with Gasteiger partial charge in [-0.1, -0.05) is 34.1 Å². The largest absolute Gasteiger partial charge is 0.494 e. The van der Waals surface area contributed by atoms with Crippen LogP contribution in [-0.2, 0) is 22.4 Å². The Morgan fingerprint density at radius 3 is 2.53 bits per heavy atom. The van der Waals surface area contributed by atoms with Gasteiger partial charge in [-0.15, -0.1) is 0 Å². The number of carbonyl (C=O) groups is 1. The molecule has 3 aromatic rings. The van der Waals surface area contributed by atoms with Crippen LogP contribution in [0.25, 0.3) is 0 Å². The second-order valence-corrected chi connectivity index (χ2v) is 9.96. The van der Waals surface area contributed by atoms with Gasteiger partial charge in [0.1, 0.15) is 23.5 Å². The molecule has 1 heterocycles. The van der Waals surface area contributed by atoms with E-state index < -0.39 is 23.3 Å². The number of halogens is 3. The molecule has 6 nitrogen and oxygen atoms in total. The molecule has 0 radical (unpaired) electrons. The zero-order valence-electron chi connectivity index (χ0n) is 20.9. The Morgan fingerprint density at radius 2 is 1.84 bits per heavy atom. The van der Waals surface area contributed by atoms with Crippen LogP contribution in [0.1, 0.15) is 30.0 Å². The van der Waals surface area contributed by atoms with Crippen LogP contribution in [-0.4, -0.2) is 48.3 Å². The van der Waals surface area contributed by atoms with Gasteiger partial charge >= 0.3 is 0 Å². The number of aliphatic imine (C=N–C) groups is 1. The number of carbonyl (C=O) groups excluding carboxylic acids is 1. The molecule has 0 aromatic heterocycles. The van der Waals surface area contributed by atoms with Crippen molar-refractivity contribution in [1.82, 2.24) is 5.32 Å². The summed E-state index contributed by atoms with van der Waals surface area (Å²) in [5.74, 6) is -0.660. The maximum Gasteiger partial charge on any atom is 0.252 e. The SMILES string of the molecule is C[C@H]1OC(c2ccc(OCCCO)cc2)=N[C@@]1(Cc1ccccc1Br)C(=O)NCCc1cc(F)cc(F)c1. The Hall–Kier alpha value is -3.30. The lowest BCUT2D eigenvalue weighted by molar-refractivity contribution is -0.128. The highest BCUT2D eigenvalue weighted by Crippen LogP contribution is 2.34. The number of ether oxygens (including phenoxy) is 2. The number of hydrogen-bond acceptors (Lipinski definition) is 5. The van der Waals surface area contributed by atoms with Crippen molar-refractivity contribution in [2.75, 3.05) is 19.8 Å². The van der Waals surface area contributed by atoms with Crippen molar-refractivity contribution >= 4 is 27.7 Å². The Morgan fingerprint density at radius 1 is 1.13 bits per heavy atom. The van der Waals surface area contributed by atoms with E-state index >= 15 is 0 Å². The minimum Gasteiger partial charge on any atom is -0.494 e. The second-order valence-electron chi connectivity index (χ2n) is 9.10. The van der Waals surface area contributed by atoms with Crippen molar-refractivity contribution in [2.45, 2.75) is 37.8 Å². The van der Waals surface area contributed by atoms with E-state index in [0.29, 0.717) is 35.8 Å². The third-order valence-corrected chi connectivity index (χ3v) is 7.14. The number of hydrogen-bond donors (Lipinski definition) is 2. The fourth-order valence-corrected chi connectivity index (χ4v) is 4.73. The zero-order chi connectivity index (χ0) is 27.1. The number of amides is 1. The first-order valence-corrected chi connectivity index (χ1v) is 13.2. The molecule has 0 fully saturated rings. The third kappa shape index (κ3) is 6.57. The van der Waals surface area contributed by atoms with E-state index in [9.17, 15) is 13.6 Å². The van der Waals surface area contributed by atoms with Gasteiger partial charge < -0.3 is 19.9 Å². The van der Waals surface area contributed by atoms with Gasteiger partial charge in [0.2, 0.25) is 5.90 Å². The molecule has 0 saturated carbocycles. The van der Waals surface area contributed by atoms with E-state index in [1.807, 2.05) is 36.4 Å². The van der Waals surface area contributed by atoms with Crippen molar-refractivity contribution in [3.63, 3.8) is 0 Å². The van der Waals surface area contributed by atoms with Crippen LogP contribution in [0, 0.1) is 11.6 Å². The van der Waals surface area contributed by atoms with E-state index in [2.05, 4.69) is 21.2 Å². The smallest absolute Gasteiger partial charge is 0.252 e. The van der Waals surface area contributed by atoms with Gasteiger partial charge in [-0.3, -0.25) is 4.79 Å². The summed E-state index contributed by atoms with van der Waals surface area (Å²) in [4.78, 5) is 18.5. The van der Waals surface area contributed by atoms with Crippen LogP contribution in [0.2, 0.25) is 0 Å². The molecule has 38 heavy (non-hydrogen) atoms. The Kier molecular flexibility index (Phi) is 9.12. The molecule has 1 aliphatic rings. The van der Waals surface area contributed by atoms with Crippen LogP contribution in [0.3, 0.4) is 0 Å². The molecule has 0 aliphatic carbocycles. The molecule has 3 aromatic carbocycles. The summed E-state index contributed by atoms with van der Waals surface area (Å²) in [6, 6.07) is 18.1. The number of nitrogens with zero attached hydrogens (tertiary/aromatic N) is 1. The quantitative estimate of drug-likeness (QED) is 0.310. The van der Waals surface area contributed by atoms with Gasteiger partial charge in [0.15, 0.2) is 5.54 Å². The minimum atomic E-state index is -1.26. The second kappa shape index (κ2) is 12.5. The molecular formula is C29H29BrF2N2O4. The van der Waals surface area contributed by atoms with E-state index in [4.69, 9.17) is 19.6 Å². The molecule has 200 valence electrons. The van der Waals surface area contributed by atoms with Gasteiger partial charge in [0.25, 0.3) is 5.91 Å². The van der Waals surface area contributed by atoms with Crippen molar-refractivity contribution in [1.29, 1.82) is 0 Å². The first-order valence-electron chi connectivity index (χ1n) is 12.4. The molecule has 1 amide bonds. The molecule has 0 bridgehead atoms. The predicted octanol–water partition coefficient (Wildman–Crippen LogP) is 4.99. The summed E-state index contributed by atoms with van der Waals surface area (Å²) < 4.78 is 39.7. The van der Waals surface area contributed by atoms with E-state index in [-0.39, 0.29) is 31.9 Å². The number of nitrogens with one attached hydrogen (secondary N) is 1. The first kappa shape index (κ1) is 27.7. The van der Waals surface area contributed by atoms with Gasteiger partial charge in [-0.25, -0.2) is 13.8 Å². The first-order chi connectivity index (χ1) is 18.3. The highest BCUT2D eigenvalue weighted by molar-refractivity contribution is 9.10. The fourth-order valence-electron chi connectivity index (χ4n) is 4.30. The molecule has 0 unspecified atom stereocenters. The molecule has 4 rings (SSSR count). The van der Waals surface area contributed by atoms with Crippen LogP contribution < -0.4 is 10.1 Å². The summed E-state index contributed by atoms with van der Waals surface area (Å²) >= 11 is 3.57. The Labute approximate surface area is 228 Å². The topological polar surface area (TPSA) is 80.2 Å². The predicted molar refractivity (Wildman–Crippen MR) is 144 cm³/mol. The van der Waals surface area contributed by atoms with Crippen LogP contribution in [0.5, 0.6) is 5.75 Å². The summed E-state index contributed by atoms with van der Waals surface area (Å²) in [6.07, 6.45) is 0.490. The van der Waals surface area contributed by atoms with E-state index in [1.54, 1.807) is 19.1 Å². The monoisotopic (exact) mass is 586 g/mol. The average molecular weight is 587 g/mol. The molecule has 2 atom stereocenters. The number of aliphatic hydroxyl groups is 1. The summed E-state index contributed by atoms with van der Waals surface area (Å²) in [7, 11) is 0. The van der Waals surface area contributed by atoms with E-state index in [1.165, 1.54) is 12.1 Å². The number of rotatable bonds is 11. The lowest BCUT2D eigenvalue weighted by Crippen LogP contribution is -2.53. The van der Waals surface area contributed by atoms with Crippen molar-refractivity contribution in [3.8, 4) is 5.75 Å². The van der Waals surface area contributed by atoms with Crippen LogP contribution >= 0.6 is 15.9 Å². The molecule has 9 heteroatoms. The maximum atomic E-state index is 13.7. The molecular weight excluding hydrogens is 558 g/mol. The molecule has 0 saturated heterocycles. The Balaban J connectivity index is 1.57. The van der Waals surface area contributed by atoms with Gasteiger partial charge in [0.05, 0.1) is 6.61 Å². The third-order valence-electron chi connectivity index (χ3n) is 6.37. The molecule has 1 aliphatic heterocycles. The molecule has 2 N–H and O–H groups in total. The van der Waals surface area contributed by atoms with Gasteiger partial charge in [0, 0.05) is 42.1 Å². The molecule has 0 spiro atoms. The highest BCUT2D eigenvalue weighted by Gasteiger charge is 2.50. The summed E-state index contributed by atoms with van der Waals surface area (Å²) in [6.45, 7) is 2.45. The normalized spacial score (nSPS) is 18.6. The van der Waals surface area contributed by atoms with Crippen molar-refractivity contribution in [2.24, 2.45) is 4.99 Å². The summed E-state index contributed by atoms with van der Waals surface area (Å²) in [5, 5.41) is 11.8. The zero-order valence-corrected chi connectivity index (χ0v) is 22.5. The highest BCUT2D eigenvalue weighted by atomic mass is 79.9.